The Bertz CT molecular complexity index is 977. The van der Waals surface area contributed by atoms with Gasteiger partial charge < -0.3 is 10.6 Å². The van der Waals surface area contributed by atoms with E-state index in [1.165, 1.54) is 25.0 Å². The summed E-state index contributed by atoms with van der Waals surface area (Å²) in [7, 11) is 0. The van der Waals surface area contributed by atoms with Crippen molar-refractivity contribution in [1.29, 1.82) is 0 Å². The molecule has 0 unspecified atom stereocenters. The first kappa shape index (κ1) is 17.5. The molecular formula is C19H17BrClFN4. The number of hydrogen-bond donors (Lipinski definition) is 2. The fourth-order valence-corrected chi connectivity index (χ4v) is 3.55. The highest BCUT2D eigenvalue weighted by Crippen LogP contribution is 2.36. The molecule has 1 fully saturated rings. The third-order valence-electron chi connectivity index (χ3n) is 4.55. The van der Waals surface area contributed by atoms with E-state index in [-0.39, 0.29) is 5.02 Å². The summed E-state index contributed by atoms with van der Waals surface area (Å²) in [6.45, 7) is 2.18. The van der Waals surface area contributed by atoms with Gasteiger partial charge in [-0.05, 0) is 71.9 Å². The van der Waals surface area contributed by atoms with Gasteiger partial charge in [0.2, 0.25) is 5.95 Å². The number of benzene rings is 2. The maximum absolute atomic E-state index is 13.4. The van der Waals surface area contributed by atoms with Gasteiger partial charge in [-0.3, -0.25) is 0 Å². The van der Waals surface area contributed by atoms with Crippen LogP contribution in [-0.4, -0.2) is 16.0 Å². The van der Waals surface area contributed by atoms with Crippen LogP contribution in [0.15, 0.2) is 40.9 Å². The Morgan fingerprint density at radius 1 is 1.23 bits per heavy atom. The van der Waals surface area contributed by atoms with Crippen LogP contribution >= 0.6 is 27.5 Å². The zero-order chi connectivity index (χ0) is 18.3. The lowest BCUT2D eigenvalue weighted by Gasteiger charge is -2.17. The molecule has 1 aliphatic carbocycles. The Labute approximate surface area is 164 Å². The average molecular weight is 436 g/mol. The SMILES string of the molecule is C[C@@H](Nc1nc(Nc2ccc(F)c(Cl)c2)nc2c(Br)cccc12)C1CC1. The van der Waals surface area contributed by atoms with E-state index >= 15 is 0 Å². The summed E-state index contributed by atoms with van der Waals surface area (Å²) in [5.41, 5.74) is 1.44. The number of fused-ring (bicyclic) bond motifs is 1. The monoisotopic (exact) mass is 434 g/mol. The molecule has 0 bridgehead atoms. The molecule has 4 rings (SSSR count). The summed E-state index contributed by atoms with van der Waals surface area (Å²) < 4.78 is 14.3. The van der Waals surface area contributed by atoms with Crippen molar-refractivity contribution in [3.05, 3.63) is 51.7 Å². The van der Waals surface area contributed by atoms with Crippen LogP contribution in [0.5, 0.6) is 0 Å². The minimum Gasteiger partial charge on any atom is -0.367 e. The van der Waals surface area contributed by atoms with Crippen molar-refractivity contribution in [2.45, 2.75) is 25.8 Å². The molecule has 1 saturated carbocycles. The van der Waals surface area contributed by atoms with Gasteiger partial charge in [-0.2, -0.15) is 4.98 Å². The van der Waals surface area contributed by atoms with Gasteiger partial charge in [-0.25, -0.2) is 9.37 Å². The number of nitrogens with one attached hydrogen (secondary N) is 2. The van der Waals surface area contributed by atoms with Gasteiger partial charge >= 0.3 is 0 Å². The van der Waals surface area contributed by atoms with E-state index in [0.29, 0.717) is 23.6 Å². The summed E-state index contributed by atoms with van der Waals surface area (Å²) in [5, 5.41) is 7.65. The number of hydrogen-bond acceptors (Lipinski definition) is 4. The first-order chi connectivity index (χ1) is 12.5. The number of rotatable bonds is 5. The first-order valence-electron chi connectivity index (χ1n) is 8.46. The maximum Gasteiger partial charge on any atom is 0.229 e. The number of para-hydroxylation sites is 1. The summed E-state index contributed by atoms with van der Waals surface area (Å²) >= 11 is 9.43. The molecule has 26 heavy (non-hydrogen) atoms. The second-order valence-corrected chi connectivity index (χ2v) is 7.82. The summed E-state index contributed by atoms with van der Waals surface area (Å²) in [6.07, 6.45) is 2.50. The van der Waals surface area contributed by atoms with Gasteiger partial charge in [-0.1, -0.05) is 17.7 Å². The number of aromatic nitrogens is 2. The number of nitrogens with zero attached hydrogens (tertiary/aromatic N) is 2. The third-order valence-corrected chi connectivity index (χ3v) is 5.48. The van der Waals surface area contributed by atoms with E-state index < -0.39 is 5.82 Å². The van der Waals surface area contributed by atoms with Crippen LogP contribution in [0.4, 0.5) is 21.8 Å². The quantitative estimate of drug-likeness (QED) is 0.505. The van der Waals surface area contributed by atoms with Crippen molar-refractivity contribution < 1.29 is 4.39 Å². The standard InChI is InChI=1S/C19H17BrClFN4/c1-10(11-5-6-11)23-18-13-3-2-4-14(20)17(13)25-19(26-18)24-12-7-8-16(22)15(21)9-12/h2-4,7-11H,5-6H2,1H3,(H2,23,24,25,26)/t10-/m1/s1. The first-order valence-corrected chi connectivity index (χ1v) is 9.63. The predicted octanol–water partition coefficient (Wildman–Crippen LogP) is 6.14. The molecule has 0 amide bonds. The average Bonchev–Trinajstić information content (AvgIpc) is 3.44. The molecule has 4 nitrogen and oxygen atoms in total. The third kappa shape index (κ3) is 3.62. The highest BCUT2D eigenvalue weighted by Gasteiger charge is 2.28. The highest BCUT2D eigenvalue weighted by atomic mass is 79.9. The topological polar surface area (TPSA) is 49.8 Å². The van der Waals surface area contributed by atoms with Crippen molar-refractivity contribution >= 4 is 55.9 Å². The van der Waals surface area contributed by atoms with Gasteiger partial charge in [0.1, 0.15) is 11.6 Å². The molecule has 0 radical (unpaired) electrons. The number of anilines is 3. The minimum absolute atomic E-state index is 0.0534. The Morgan fingerprint density at radius 2 is 2.04 bits per heavy atom. The molecule has 0 spiro atoms. The van der Waals surface area contributed by atoms with E-state index in [1.54, 1.807) is 6.07 Å². The Kier molecular flexibility index (Phi) is 4.71. The molecule has 134 valence electrons. The molecule has 7 heteroatoms. The molecule has 1 aliphatic rings. The van der Waals surface area contributed by atoms with Gasteiger partial charge in [0, 0.05) is 21.6 Å². The van der Waals surface area contributed by atoms with Crippen molar-refractivity contribution in [2.24, 2.45) is 5.92 Å². The van der Waals surface area contributed by atoms with Crippen LogP contribution < -0.4 is 10.6 Å². The van der Waals surface area contributed by atoms with E-state index in [0.717, 1.165) is 21.2 Å². The Hall–Kier alpha value is -1.92. The summed E-state index contributed by atoms with van der Waals surface area (Å²) in [6, 6.07) is 10.7. The molecule has 0 saturated heterocycles. The van der Waals surface area contributed by atoms with Crippen LogP contribution in [0, 0.1) is 11.7 Å². The highest BCUT2D eigenvalue weighted by molar-refractivity contribution is 9.10. The summed E-state index contributed by atoms with van der Waals surface area (Å²) in [5.74, 6) is 1.45. The van der Waals surface area contributed by atoms with Gasteiger partial charge in [0.05, 0.1) is 10.5 Å². The van der Waals surface area contributed by atoms with Crippen molar-refractivity contribution in [1.82, 2.24) is 9.97 Å². The molecule has 3 aromatic rings. The number of halogens is 3. The largest absolute Gasteiger partial charge is 0.367 e. The van der Waals surface area contributed by atoms with Crippen molar-refractivity contribution in [3.8, 4) is 0 Å². The predicted molar refractivity (Wildman–Crippen MR) is 108 cm³/mol. The van der Waals surface area contributed by atoms with E-state index in [4.69, 9.17) is 11.6 Å². The Balaban J connectivity index is 1.73. The van der Waals surface area contributed by atoms with Crippen LogP contribution in [0.1, 0.15) is 19.8 Å². The molecule has 0 aliphatic heterocycles. The lowest BCUT2D eigenvalue weighted by atomic mass is 10.2. The Morgan fingerprint density at radius 3 is 2.77 bits per heavy atom. The van der Waals surface area contributed by atoms with E-state index in [1.807, 2.05) is 18.2 Å². The molecule has 1 aromatic heterocycles. The van der Waals surface area contributed by atoms with Crippen LogP contribution in [0.25, 0.3) is 10.9 Å². The van der Waals surface area contributed by atoms with Crippen molar-refractivity contribution in [2.75, 3.05) is 10.6 Å². The smallest absolute Gasteiger partial charge is 0.229 e. The molecule has 1 heterocycles. The maximum atomic E-state index is 13.4. The molecule has 2 aromatic carbocycles. The van der Waals surface area contributed by atoms with E-state index in [2.05, 4.69) is 43.5 Å². The molecule has 1 atom stereocenters. The van der Waals surface area contributed by atoms with Crippen LogP contribution in [0.3, 0.4) is 0 Å². The van der Waals surface area contributed by atoms with Gasteiger partial charge in [-0.15, -0.1) is 0 Å². The normalized spacial score (nSPS) is 15.1. The van der Waals surface area contributed by atoms with E-state index in [9.17, 15) is 4.39 Å². The zero-order valence-electron chi connectivity index (χ0n) is 14.1. The molecular weight excluding hydrogens is 419 g/mol. The van der Waals surface area contributed by atoms with Gasteiger partial charge in [0.15, 0.2) is 0 Å². The van der Waals surface area contributed by atoms with Gasteiger partial charge in [0.25, 0.3) is 0 Å². The summed E-state index contributed by atoms with van der Waals surface area (Å²) in [4.78, 5) is 9.25. The zero-order valence-corrected chi connectivity index (χ0v) is 16.4. The van der Waals surface area contributed by atoms with Crippen LogP contribution in [-0.2, 0) is 0 Å². The minimum atomic E-state index is -0.458. The van der Waals surface area contributed by atoms with Crippen LogP contribution in [0.2, 0.25) is 5.02 Å². The lowest BCUT2D eigenvalue weighted by molar-refractivity contribution is 0.628. The molecule has 2 N–H and O–H groups in total. The second kappa shape index (κ2) is 7.00. The fraction of sp³-hybridized carbons (Fsp3) is 0.263. The lowest BCUT2D eigenvalue weighted by Crippen LogP contribution is -2.19. The second-order valence-electron chi connectivity index (χ2n) is 6.56. The fourth-order valence-electron chi connectivity index (χ4n) is 2.92. The van der Waals surface area contributed by atoms with Crippen molar-refractivity contribution in [3.63, 3.8) is 0 Å².